The lowest BCUT2D eigenvalue weighted by Gasteiger charge is -2.31. The topological polar surface area (TPSA) is 70.4 Å². The summed E-state index contributed by atoms with van der Waals surface area (Å²) in [7, 11) is 0. The maximum absolute atomic E-state index is 12.6. The molecule has 128 valence electrons. The predicted octanol–water partition coefficient (Wildman–Crippen LogP) is 1.21. The number of amides is 1. The van der Waals surface area contributed by atoms with E-state index in [1.165, 1.54) is 0 Å². The van der Waals surface area contributed by atoms with E-state index in [1.807, 2.05) is 35.2 Å². The van der Waals surface area contributed by atoms with E-state index < -0.39 is 0 Å². The highest BCUT2D eigenvalue weighted by atomic mass is 35.5. The van der Waals surface area contributed by atoms with Gasteiger partial charge in [-0.25, -0.2) is 4.98 Å². The van der Waals surface area contributed by atoms with Crippen LogP contribution < -0.4 is 10.6 Å². The van der Waals surface area contributed by atoms with Gasteiger partial charge in [0, 0.05) is 38.2 Å². The summed E-state index contributed by atoms with van der Waals surface area (Å²) in [6.07, 6.45) is 0.723. The van der Waals surface area contributed by atoms with Gasteiger partial charge in [-0.1, -0.05) is 18.2 Å². The third-order valence-electron chi connectivity index (χ3n) is 4.40. The van der Waals surface area contributed by atoms with Crippen LogP contribution in [-0.2, 0) is 17.8 Å². The summed E-state index contributed by atoms with van der Waals surface area (Å²) in [4.78, 5) is 19.1. The first-order chi connectivity index (χ1) is 11.3. The number of benzene rings is 1. The minimum atomic E-state index is -0.134. The molecule has 0 radical (unpaired) electrons. The summed E-state index contributed by atoms with van der Waals surface area (Å²) in [6, 6.07) is 9.74. The lowest BCUT2D eigenvalue weighted by molar-refractivity contribution is -0.134. The van der Waals surface area contributed by atoms with Gasteiger partial charge in [-0.15, -0.1) is 12.4 Å². The minimum absolute atomic E-state index is 0. The molecular weight excluding hydrogens is 328 g/mol. The summed E-state index contributed by atoms with van der Waals surface area (Å²) in [5.74, 6) is 1.69. The fraction of sp³-hybridized carbons (Fsp3) is 0.412. The number of carbonyl (C=O) groups is 1. The Bertz CT molecular complexity index is 698. The van der Waals surface area contributed by atoms with Crippen molar-refractivity contribution in [1.29, 1.82) is 0 Å². The Hall–Kier alpha value is -1.89. The first kappa shape index (κ1) is 17.0. The lowest BCUT2D eigenvalue weighted by atomic mass is 10.1. The van der Waals surface area contributed by atoms with Gasteiger partial charge in [-0.05, 0) is 12.1 Å². The Morgan fingerprint density at radius 1 is 1.25 bits per heavy atom. The van der Waals surface area contributed by atoms with Crippen LogP contribution in [0.5, 0.6) is 0 Å². The standard InChI is InChI=1S/C17H20N4O2.ClH/c22-17(13-10-18-7-8-19-13)21-9-6-15-14(11-21)20-16(23-15)12-4-2-1-3-5-12;/h1-5,13,18-19H,6-11H2;1H/t13-;/m0./s1. The van der Waals surface area contributed by atoms with Crippen LogP contribution in [0.2, 0.25) is 0 Å². The fourth-order valence-corrected chi connectivity index (χ4v) is 3.14. The molecule has 1 aromatic heterocycles. The molecule has 1 amide bonds. The van der Waals surface area contributed by atoms with Crippen LogP contribution in [0.1, 0.15) is 11.5 Å². The summed E-state index contributed by atoms with van der Waals surface area (Å²) in [5, 5.41) is 6.53. The van der Waals surface area contributed by atoms with Crippen LogP contribution in [0, 0.1) is 0 Å². The second-order valence-corrected chi connectivity index (χ2v) is 5.98. The van der Waals surface area contributed by atoms with Crippen molar-refractivity contribution in [2.75, 3.05) is 26.2 Å². The second-order valence-electron chi connectivity index (χ2n) is 5.98. The molecule has 0 bridgehead atoms. The molecule has 4 rings (SSSR count). The second kappa shape index (κ2) is 7.34. The van der Waals surface area contributed by atoms with Gasteiger partial charge in [0.25, 0.3) is 0 Å². The van der Waals surface area contributed by atoms with E-state index in [4.69, 9.17) is 4.42 Å². The number of nitrogens with one attached hydrogen (secondary N) is 2. The number of halogens is 1. The van der Waals surface area contributed by atoms with Crippen molar-refractivity contribution in [1.82, 2.24) is 20.5 Å². The summed E-state index contributed by atoms with van der Waals surface area (Å²) >= 11 is 0. The number of oxazole rings is 1. The van der Waals surface area contributed by atoms with E-state index in [2.05, 4.69) is 15.6 Å². The van der Waals surface area contributed by atoms with Crippen molar-refractivity contribution in [3.8, 4) is 11.5 Å². The highest BCUT2D eigenvalue weighted by Gasteiger charge is 2.30. The molecule has 24 heavy (non-hydrogen) atoms. The average molecular weight is 349 g/mol. The van der Waals surface area contributed by atoms with E-state index in [0.29, 0.717) is 25.5 Å². The van der Waals surface area contributed by atoms with Crippen LogP contribution in [0.4, 0.5) is 0 Å². The molecular formula is C17H21ClN4O2. The number of fused-ring (bicyclic) bond motifs is 1. The molecule has 0 aliphatic carbocycles. The molecule has 1 atom stereocenters. The number of nitrogens with zero attached hydrogens (tertiary/aromatic N) is 2. The van der Waals surface area contributed by atoms with Crippen molar-refractivity contribution in [3.05, 3.63) is 41.8 Å². The minimum Gasteiger partial charge on any atom is -0.441 e. The molecule has 6 nitrogen and oxygen atoms in total. The van der Waals surface area contributed by atoms with Gasteiger partial charge in [0.1, 0.15) is 11.5 Å². The molecule has 0 unspecified atom stereocenters. The third-order valence-corrected chi connectivity index (χ3v) is 4.40. The predicted molar refractivity (Wildman–Crippen MR) is 93.0 cm³/mol. The van der Waals surface area contributed by atoms with Gasteiger partial charge in [0.15, 0.2) is 0 Å². The lowest BCUT2D eigenvalue weighted by Crippen LogP contribution is -2.57. The van der Waals surface area contributed by atoms with Gasteiger partial charge < -0.3 is 20.0 Å². The zero-order chi connectivity index (χ0) is 15.6. The van der Waals surface area contributed by atoms with Gasteiger partial charge in [-0.3, -0.25) is 4.79 Å². The first-order valence-corrected chi connectivity index (χ1v) is 8.08. The van der Waals surface area contributed by atoms with Crippen LogP contribution in [0.15, 0.2) is 34.7 Å². The highest BCUT2D eigenvalue weighted by molar-refractivity contribution is 5.85. The SMILES string of the molecule is Cl.O=C([C@@H]1CNCCN1)N1CCc2oc(-c3ccccc3)nc2C1. The molecule has 7 heteroatoms. The molecule has 0 spiro atoms. The molecule has 1 saturated heterocycles. The largest absolute Gasteiger partial charge is 0.441 e. The van der Waals surface area contributed by atoms with E-state index in [-0.39, 0.29) is 24.4 Å². The fourth-order valence-electron chi connectivity index (χ4n) is 3.14. The Labute approximate surface area is 147 Å². The molecule has 1 aromatic carbocycles. The van der Waals surface area contributed by atoms with Crippen molar-refractivity contribution >= 4 is 18.3 Å². The van der Waals surface area contributed by atoms with E-state index in [0.717, 1.165) is 36.5 Å². The van der Waals surface area contributed by atoms with Crippen molar-refractivity contribution in [2.24, 2.45) is 0 Å². The van der Waals surface area contributed by atoms with E-state index in [9.17, 15) is 4.79 Å². The number of rotatable bonds is 2. The summed E-state index contributed by atoms with van der Waals surface area (Å²) < 4.78 is 5.89. The van der Waals surface area contributed by atoms with Crippen LogP contribution in [-0.4, -0.2) is 48.0 Å². The Morgan fingerprint density at radius 3 is 2.83 bits per heavy atom. The molecule has 2 aliphatic rings. The van der Waals surface area contributed by atoms with Crippen molar-refractivity contribution in [3.63, 3.8) is 0 Å². The zero-order valence-corrected chi connectivity index (χ0v) is 14.1. The number of piperazine rings is 1. The van der Waals surface area contributed by atoms with Crippen LogP contribution >= 0.6 is 12.4 Å². The third kappa shape index (κ3) is 3.31. The average Bonchev–Trinajstić information content (AvgIpc) is 3.06. The number of carbonyl (C=O) groups excluding carboxylic acids is 1. The van der Waals surface area contributed by atoms with E-state index in [1.54, 1.807) is 0 Å². The summed E-state index contributed by atoms with van der Waals surface area (Å²) in [5.41, 5.74) is 1.85. The molecule has 0 saturated carbocycles. The number of hydrogen-bond acceptors (Lipinski definition) is 5. The maximum atomic E-state index is 12.6. The normalized spacial score (nSPS) is 20.2. The Balaban J connectivity index is 0.00000169. The first-order valence-electron chi connectivity index (χ1n) is 8.08. The molecule has 1 fully saturated rings. The maximum Gasteiger partial charge on any atom is 0.241 e. The van der Waals surface area contributed by atoms with Gasteiger partial charge in [-0.2, -0.15) is 0 Å². The van der Waals surface area contributed by atoms with E-state index >= 15 is 0 Å². The Morgan fingerprint density at radius 2 is 2.08 bits per heavy atom. The quantitative estimate of drug-likeness (QED) is 0.853. The molecule has 2 aliphatic heterocycles. The molecule has 2 N–H and O–H groups in total. The zero-order valence-electron chi connectivity index (χ0n) is 13.3. The van der Waals surface area contributed by atoms with Crippen LogP contribution in [0.3, 0.4) is 0 Å². The molecule has 2 aromatic rings. The number of aromatic nitrogens is 1. The van der Waals surface area contributed by atoms with Crippen molar-refractivity contribution in [2.45, 2.75) is 19.0 Å². The Kier molecular flexibility index (Phi) is 5.18. The van der Waals surface area contributed by atoms with Crippen molar-refractivity contribution < 1.29 is 9.21 Å². The smallest absolute Gasteiger partial charge is 0.241 e. The van der Waals surface area contributed by atoms with Crippen LogP contribution in [0.25, 0.3) is 11.5 Å². The summed E-state index contributed by atoms with van der Waals surface area (Å²) in [6.45, 7) is 3.65. The van der Waals surface area contributed by atoms with Gasteiger partial charge in [0.2, 0.25) is 11.8 Å². The van der Waals surface area contributed by atoms with Gasteiger partial charge in [0.05, 0.1) is 12.6 Å². The number of hydrogen-bond donors (Lipinski definition) is 2. The molecule has 3 heterocycles. The monoisotopic (exact) mass is 348 g/mol. The highest BCUT2D eigenvalue weighted by Crippen LogP contribution is 2.26. The van der Waals surface area contributed by atoms with Gasteiger partial charge >= 0.3 is 0 Å².